The average Bonchev–Trinajstić information content (AvgIpc) is 2.92. The maximum Gasteiger partial charge on any atom is 0.417 e. The van der Waals surface area contributed by atoms with Gasteiger partial charge in [0.2, 0.25) is 5.88 Å². The number of alkyl halides is 3. The lowest BCUT2D eigenvalue weighted by molar-refractivity contribution is -0.137. The molecule has 1 aliphatic rings. The molecule has 1 saturated carbocycles. The third kappa shape index (κ3) is 4.30. The SMILES string of the molecule is CC1(O)CCCC1Oc1ncc(C(F)(F)F)cc1-c1cccc(S(C)(=O)=O)c1. The van der Waals surface area contributed by atoms with E-state index in [2.05, 4.69) is 4.98 Å². The summed E-state index contributed by atoms with van der Waals surface area (Å²) in [5.41, 5.74) is -1.84. The Bertz CT molecular complexity index is 987. The molecule has 1 N–H and O–H groups in total. The Morgan fingerprint density at radius 3 is 2.57 bits per heavy atom. The fourth-order valence-corrected chi connectivity index (χ4v) is 3.91. The van der Waals surface area contributed by atoms with Crippen LogP contribution in [-0.2, 0) is 16.0 Å². The zero-order valence-corrected chi connectivity index (χ0v) is 16.1. The fraction of sp³-hybridized carbons (Fsp3) is 0.421. The van der Waals surface area contributed by atoms with E-state index in [-0.39, 0.29) is 21.9 Å². The lowest BCUT2D eigenvalue weighted by Crippen LogP contribution is -2.38. The van der Waals surface area contributed by atoms with Crippen LogP contribution < -0.4 is 4.74 Å². The summed E-state index contributed by atoms with van der Waals surface area (Å²) in [4.78, 5) is 3.81. The summed E-state index contributed by atoms with van der Waals surface area (Å²) >= 11 is 0. The van der Waals surface area contributed by atoms with Gasteiger partial charge in [0.05, 0.1) is 16.1 Å². The summed E-state index contributed by atoms with van der Waals surface area (Å²) in [7, 11) is -3.55. The van der Waals surface area contributed by atoms with E-state index in [9.17, 15) is 26.7 Å². The summed E-state index contributed by atoms with van der Waals surface area (Å²) in [5, 5.41) is 10.4. The zero-order valence-electron chi connectivity index (χ0n) is 15.3. The largest absolute Gasteiger partial charge is 0.471 e. The first-order valence-electron chi connectivity index (χ1n) is 8.65. The van der Waals surface area contributed by atoms with Gasteiger partial charge < -0.3 is 9.84 Å². The predicted octanol–water partition coefficient (Wildman–Crippen LogP) is 3.85. The van der Waals surface area contributed by atoms with Gasteiger partial charge in [0.25, 0.3) is 0 Å². The molecule has 0 spiro atoms. The molecule has 0 radical (unpaired) electrons. The van der Waals surface area contributed by atoms with Crippen LogP contribution >= 0.6 is 0 Å². The maximum atomic E-state index is 13.2. The van der Waals surface area contributed by atoms with Crippen molar-refractivity contribution in [3.8, 4) is 17.0 Å². The van der Waals surface area contributed by atoms with Crippen LogP contribution in [0.4, 0.5) is 13.2 Å². The van der Waals surface area contributed by atoms with Gasteiger partial charge in [-0.2, -0.15) is 13.2 Å². The number of aromatic nitrogens is 1. The minimum absolute atomic E-state index is 0.0167. The van der Waals surface area contributed by atoms with Crippen LogP contribution in [0, 0.1) is 0 Å². The molecule has 0 aliphatic heterocycles. The summed E-state index contributed by atoms with van der Waals surface area (Å²) < 4.78 is 69.0. The molecule has 9 heteroatoms. The first-order valence-corrected chi connectivity index (χ1v) is 10.5. The van der Waals surface area contributed by atoms with E-state index in [1.807, 2.05) is 0 Å². The Kier molecular flexibility index (Phi) is 5.18. The highest BCUT2D eigenvalue weighted by Gasteiger charge is 2.40. The molecule has 2 unspecified atom stereocenters. The quantitative estimate of drug-likeness (QED) is 0.821. The third-order valence-corrected chi connectivity index (χ3v) is 5.96. The molecule has 28 heavy (non-hydrogen) atoms. The van der Waals surface area contributed by atoms with Crippen molar-refractivity contribution in [2.24, 2.45) is 0 Å². The van der Waals surface area contributed by atoms with Gasteiger partial charge in [-0.05, 0) is 49.9 Å². The Labute approximate surface area is 161 Å². The van der Waals surface area contributed by atoms with Crippen LogP contribution in [0.25, 0.3) is 11.1 Å². The molecule has 0 saturated heterocycles. The summed E-state index contributed by atoms with van der Waals surface area (Å²) in [5.74, 6) is -0.0779. The van der Waals surface area contributed by atoms with E-state index in [4.69, 9.17) is 4.74 Å². The van der Waals surface area contributed by atoms with Crippen molar-refractivity contribution in [1.29, 1.82) is 0 Å². The number of pyridine rings is 1. The van der Waals surface area contributed by atoms with Gasteiger partial charge in [0.15, 0.2) is 9.84 Å². The van der Waals surface area contributed by atoms with E-state index in [1.165, 1.54) is 24.3 Å². The second-order valence-corrected chi connectivity index (χ2v) is 9.25. The highest BCUT2D eigenvalue weighted by atomic mass is 32.2. The Morgan fingerprint density at radius 1 is 1.29 bits per heavy atom. The molecule has 1 aliphatic carbocycles. The topological polar surface area (TPSA) is 76.5 Å². The Balaban J connectivity index is 2.11. The molecular weight excluding hydrogens is 395 g/mol. The molecule has 1 fully saturated rings. The van der Waals surface area contributed by atoms with Gasteiger partial charge in [0, 0.05) is 18.0 Å². The number of benzene rings is 1. The Hall–Kier alpha value is -2.13. The van der Waals surface area contributed by atoms with Crippen molar-refractivity contribution < 1.29 is 31.4 Å². The van der Waals surface area contributed by atoms with Crippen molar-refractivity contribution in [2.45, 2.75) is 49.0 Å². The molecule has 0 amide bonds. The highest BCUT2D eigenvalue weighted by molar-refractivity contribution is 7.90. The number of rotatable bonds is 4. The van der Waals surface area contributed by atoms with Crippen LogP contribution in [0.5, 0.6) is 5.88 Å². The third-order valence-electron chi connectivity index (χ3n) is 4.85. The molecule has 152 valence electrons. The minimum Gasteiger partial charge on any atom is -0.471 e. The number of sulfone groups is 1. The number of nitrogens with zero attached hydrogens (tertiary/aromatic N) is 1. The summed E-state index contributed by atoms with van der Waals surface area (Å²) in [6.45, 7) is 1.61. The monoisotopic (exact) mass is 415 g/mol. The number of aliphatic hydroxyl groups is 1. The first-order chi connectivity index (χ1) is 12.9. The number of hydrogen-bond donors (Lipinski definition) is 1. The summed E-state index contributed by atoms with van der Waals surface area (Å²) in [6.07, 6.45) is -1.78. The normalized spacial score (nSPS) is 23.0. The highest BCUT2D eigenvalue weighted by Crippen LogP contribution is 2.39. The van der Waals surface area contributed by atoms with Gasteiger partial charge in [0.1, 0.15) is 6.10 Å². The van der Waals surface area contributed by atoms with Crippen molar-refractivity contribution in [1.82, 2.24) is 4.98 Å². The molecule has 3 rings (SSSR count). The van der Waals surface area contributed by atoms with Gasteiger partial charge in [-0.15, -0.1) is 0 Å². The molecule has 1 aromatic carbocycles. The number of hydrogen-bond acceptors (Lipinski definition) is 5. The van der Waals surface area contributed by atoms with Crippen LogP contribution in [0.3, 0.4) is 0 Å². The van der Waals surface area contributed by atoms with Crippen LogP contribution in [-0.4, -0.2) is 36.5 Å². The van der Waals surface area contributed by atoms with E-state index in [0.29, 0.717) is 19.0 Å². The molecule has 5 nitrogen and oxygen atoms in total. The first kappa shape index (κ1) is 20.6. The van der Waals surface area contributed by atoms with Crippen LogP contribution in [0.1, 0.15) is 31.7 Å². The second kappa shape index (κ2) is 7.04. The van der Waals surface area contributed by atoms with E-state index in [0.717, 1.165) is 18.7 Å². The van der Waals surface area contributed by atoms with E-state index in [1.54, 1.807) is 6.92 Å². The van der Waals surface area contributed by atoms with E-state index < -0.39 is 33.3 Å². The minimum atomic E-state index is -4.62. The number of halogens is 3. The fourth-order valence-electron chi connectivity index (χ4n) is 3.24. The van der Waals surface area contributed by atoms with Crippen molar-refractivity contribution in [3.63, 3.8) is 0 Å². The van der Waals surface area contributed by atoms with Crippen molar-refractivity contribution in [3.05, 3.63) is 42.1 Å². The van der Waals surface area contributed by atoms with Crippen molar-refractivity contribution >= 4 is 9.84 Å². The molecule has 2 atom stereocenters. The molecular formula is C19H20F3NO4S. The van der Waals surface area contributed by atoms with Crippen LogP contribution in [0.15, 0.2) is 41.4 Å². The lowest BCUT2D eigenvalue weighted by Gasteiger charge is -2.27. The maximum absolute atomic E-state index is 13.2. The number of ether oxygens (including phenoxy) is 1. The summed E-state index contributed by atoms with van der Waals surface area (Å²) in [6, 6.07) is 6.47. The standard InChI is InChI=1S/C19H20F3NO4S/c1-18(24)8-4-7-16(18)27-17-15(10-13(11-23-17)19(20,21)22)12-5-3-6-14(9-12)28(2,25)26/h3,5-6,9-11,16,24H,4,7-8H2,1-2H3. The van der Waals surface area contributed by atoms with Crippen LogP contribution in [0.2, 0.25) is 0 Å². The van der Waals surface area contributed by atoms with Gasteiger partial charge in [-0.1, -0.05) is 12.1 Å². The molecule has 2 aromatic rings. The molecule has 1 heterocycles. The van der Waals surface area contributed by atoms with Gasteiger partial charge in [-0.25, -0.2) is 13.4 Å². The van der Waals surface area contributed by atoms with Gasteiger partial charge in [-0.3, -0.25) is 0 Å². The smallest absolute Gasteiger partial charge is 0.417 e. The lowest BCUT2D eigenvalue weighted by atomic mass is 10.0. The van der Waals surface area contributed by atoms with Crippen molar-refractivity contribution in [2.75, 3.05) is 6.26 Å². The van der Waals surface area contributed by atoms with E-state index >= 15 is 0 Å². The Morgan fingerprint density at radius 2 is 2.00 bits per heavy atom. The predicted molar refractivity (Wildman–Crippen MR) is 96.7 cm³/mol. The average molecular weight is 415 g/mol. The molecule has 0 bridgehead atoms. The second-order valence-electron chi connectivity index (χ2n) is 7.23. The van der Waals surface area contributed by atoms with Gasteiger partial charge >= 0.3 is 6.18 Å². The zero-order chi connectivity index (χ0) is 20.7. The molecule has 1 aromatic heterocycles.